The highest BCUT2D eigenvalue weighted by atomic mass is 35.5. The zero-order valence-corrected chi connectivity index (χ0v) is 20.2. The summed E-state index contributed by atoms with van der Waals surface area (Å²) < 4.78 is 5.93. The van der Waals surface area contributed by atoms with Crippen molar-refractivity contribution < 1.29 is 14.0 Å². The zero-order chi connectivity index (χ0) is 23.2. The van der Waals surface area contributed by atoms with Crippen LogP contribution in [0.15, 0.2) is 40.8 Å². The van der Waals surface area contributed by atoms with Gasteiger partial charge in [0.2, 0.25) is 11.8 Å². The van der Waals surface area contributed by atoms with Gasteiger partial charge in [0.15, 0.2) is 0 Å². The summed E-state index contributed by atoms with van der Waals surface area (Å²) in [5.74, 6) is 2.02. The van der Waals surface area contributed by atoms with Gasteiger partial charge >= 0.3 is 0 Å². The van der Waals surface area contributed by atoms with Crippen molar-refractivity contribution in [3.05, 3.63) is 47.2 Å². The van der Waals surface area contributed by atoms with Crippen molar-refractivity contribution >= 4 is 23.4 Å². The molecule has 2 amide bonds. The van der Waals surface area contributed by atoms with Crippen molar-refractivity contribution in [2.24, 2.45) is 5.92 Å². The molecule has 2 aliphatic heterocycles. The van der Waals surface area contributed by atoms with Gasteiger partial charge in [-0.2, -0.15) is 0 Å². The third kappa shape index (κ3) is 6.39. The van der Waals surface area contributed by atoms with Crippen LogP contribution in [-0.4, -0.2) is 66.3 Å². The molecule has 4 rings (SSSR count). The number of benzene rings is 1. The van der Waals surface area contributed by atoms with Crippen molar-refractivity contribution in [1.82, 2.24) is 14.7 Å². The van der Waals surface area contributed by atoms with E-state index in [1.54, 1.807) is 4.90 Å². The molecule has 6 nitrogen and oxygen atoms in total. The van der Waals surface area contributed by atoms with Crippen LogP contribution >= 0.6 is 11.6 Å². The molecule has 3 heterocycles. The number of carbonyl (C=O) groups excluding carboxylic acids is 2. The molecule has 2 aromatic rings. The number of halogens is 1. The molecule has 2 saturated heterocycles. The molecule has 1 aromatic heterocycles. The Balaban J connectivity index is 1.23. The van der Waals surface area contributed by atoms with Crippen LogP contribution < -0.4 is 0 Å². The molecule has 1 aromatic carbocycles. The van der Waals surface area contributed by atoms with Gasteiger partial charge in [0, 0.05) is 36.6 Å². The average Bonchev–Trinajstić information content (AvgIpc) is 3.11. The lowest BCUT2D eigenvalue weighted by molar-refractivity contribution is -0.137. The third-order valence-electron chi connectivity index (χ3n) is 6.82. The molecule has 33 heavy (non-hydrogen) atoms. The molecule has 0 spiro atoms. The maximum atomic E-state index is 12.9. The maximum Gasteiger partial charge on any atom is 0.236 e. The number of rotatable bonds is 6. The van der Waals surface area contributed by atoms with Crippen molar-refractivity contribution in [1.29, 1.82) is 0 Å². The van der Waals surface area contributed by atoms with Gasteiger partial charge in [-0.15, -0.1) is 0 Å². The molecule has 2 fully saturated rings. The summed E-state index contributed by atoms with van der Waals surface area (Å²) in [4.78, 5) is 31.6. The first-order valence-corrected chi connectivity index (χ1v) is 12.5. The molecule has 0 saturated carbocycles. The van der Waals surface area contributed by atoms with Crippen molar-refractivity contribution in [2.45, 2.75) is 45.1 Å². The van der Waals surface area contributed by atoms with Crippen LogP contribution in [0.25, 0.3) is 11.3 Å². The third-order valence-corrected chi connectivity index (χ3v) is 7.07. The van der Waals surface area contributed by atoms with Crippen LogP contribution in [-0.2, 0) is 16.1 Å². The number of likely N-dealkylation sites (N-methyl/N-ethyl adjacent to an activating group) is 1. The Labute approximate surface area is 201 Å². The zero-order valence-electron chi connectivity index (χ0n) is 19.5. The number of carbonyl (C=O) groups is 2. The van der Waals surface area contributed by atoms with E-state index < -0.39 is 0 Å². The fourth-order valence-corrected chi connectivity index (χ4v) is 4.88. The Morgan fingerprint density at radius 3 is 2.30 bits per heavy atom. The van der Waals surface area contributed by atoms with Crippen LogP contribution in [0.1, 0.15) is 44.3 Å². The van der Waals surface area contributed by atoms with Crippen molar-refractivity contribution in [2.75, 3.05) is 39.8 Å². The largest absolute Gasteiger partial charge is 0.459 e. The number of nitrogens with zero attached hydrogens (tertiary/aromatic N) is 3. The Kier molecular flexibility index (Phi) is 8.10. The second kappa shape index (κ2) is 11.2. The Morgan fingerprint density at radius 1 is 0.970 bits per heavy atom. The predicted molar refractivity (Wildman–Crippen MR) is 130 cm³/mol. The number of piperidine rings is 1. The second-order valence-corrected chi connectivity index (χ2v) is 9.75. The maximum absolute atomic E-state index is 12.9. The summed E-state index contributed by atoms with van der Waals surface area (Å²) in [6, 6.07) is 11.3. The van der Waals surface area contributed by atoms with Crippen LogP contribution in [0, 0.1) is 5.92 Å². The molecule has 0 N–H and O–H groups in total. The summed E-state index contributed by atoms with van der Waals surface area (Å²) in [6.07, 6.45) is 6.41. The fraction of sp³-hybridized carbons (Fsp3) is 0.538. The first-order chi connectivity index (χ1) is 16.0. The number of amides is 2. The normalized spacial score (nSPS) is 18.2. The van der Waals surface area contributed by atoms with Gasteiger partial charge in [-0.1, -0.05) is 24.4 Å². The summed E-state index contributed by atoms with van der Waals surface area (Å²) >= 11 is 5.96. The van der Waals surface area contributed by atoms with Gasteiger partial charge < -0.3 is 14.2 Å². The van der Waals surface area contributed by atoms with Crippen molar-refractivity contribution in [3.63, 3.8) is 0 Å². The minimum absolute atomic E-state index is 0.0664. The van der Waals surface area contributed by atoms with Gasteiger partial charge in [-0.05, 0) is 75.2 Å². The van der Waals surface area contributed by atoms with Crippen LogP contribution in [0.2, 0.25) is 5.02 Å². The van der Waals surface area contributed by atoms with Crippen LogP contribution in [0.4, 0.5) is 0 Å². The Morgan fingerprint density at radius 2 is 1.64 bits per heavy atom. The van der Waals surface area contributed by atoms with Gasteiger partial charge in [0.1, 0.15) is 11.5 Å². The molecule has 0 radical (unpaired) electrons. The molecule has 0 unspecified atom stereocenters. The lowest BCUT2D eigenvalue weighted by Gasteiger charge is -2.34. The highest BCUT2D eigenvalue weighted by molar-refractivity contribution is 6.30. The fourth-order valence-electron chi connectivity index (χ4n) is 4.75. The summed E-state index contributed by atoms with van der Waals surface area (Å²) in [7, 11) is 1.81. The van der Waals surface area contributed by atoms with Crippen LogP contribution in [0.3, 0.4) is 0 Å². The SMILES string of the molecule is CN(Cc1ccc(-c2ccc(Cl)cc2)o1)C(=O)CN1CCC(C(=O)N2CCCCCC2)CC1. The predicted octanol–water partition coefficient (Wildman–Crippen LogP) is 4.67. The lowest BCUT2D eigenvalue weighted by Crippen LogP contribution is -2.45. The van der Waals surface area contributed by atoms with Gasteiger partial charge in [0.25, 0.3) is 0 Å². The van der Waals surface area contributed by atoms with E-state index in [1.165, 1.54) is 12.8 Å². The number of hydrogen-bond donors (Lipinski definition) is 0. The van der Waals surface area contributed by atoms with Gasteiger partial charge in [0.05, 0.1) is 13.1 Å². The van der Waals surface area contributed by atoms with Gasteiger partial charge in [-0.25, -0.2) is 0 Å². The molecular weight excluding hydrogens is 438 g/mol. The summed E-state index contributed by atoms with van der Waals surface area (Å²) in [6.45, 7) is 4.22. The topological polar surface area (TPSA) is 57.0 Å². The van der Waals surface area contributed by atoms with E-state index in [4.69, 9.17) is 16.0 Å². The summed E-state index contributed by atoms with van der Waals surface area (Å²) in [5, 5.41) is 0.686. The first-order valence-electron chi connectivity index (χ1n) is 12.1. The van der Waals surface area contributed by atoms with Crippen molar-refractivity contribution in [3.8, 4) is 11.3 Å². The highest BCUT2D eigenvalue weighted by Gasteiger charge is 2.29. The van der Waals surface area contributed by atoms with Crippen LogP contribution in [0.5, 0.6) is 0 Å². The molecule has 0 aliphatic carbocycles. The van der Waals surface area contributed by atoms with E-state index >= 15 is 0 Å². The summed E-state index contributed by atoms with van der Waals surface area (Å²) in [5.41, 5.74) is 0.956. The quantitative estimate of drug-likeness (QED) is 0.614. The number of likely N-dealkylation sites (tertiary alicyclic amines) is 2. The Bertz CT molecular complexity index is 927. The molecule has 2 aliphatic rings. The monoisotopic (exact) mass is 471 g/mol. The second-order valence-electron chi connectivity index (χ2n) is 9.31. The first kappa shape index (κ1) is 23.8. The Hall–Kier alpha value is -2.31. The minimum atomic E-state index is 0.0664. The van der Waals surface area contributed by atoms with E-state index in [1.807, 2.05) is 43.4 Å². The van der Waals surface area contributed by atoms with Gasteiger partial charge in [-0.3, -0.25) is 14.5 Å². The molecule has 0 atom stereocenters. The minimum Gasteiger partial charge on any atom is -0.459 e. The van der Waals surface area contributed by atoms with E-state index in [2.05, 4.69) is 9.80 Å². The molecule has 0 bridgehead atoms. The standard InChI is InChI=1S/C26H34ClN3O3/c1-28(18-23-10-11-24(33-23)20-6-8-22(27)9-7-20)25(31)19-29-16-12-21(13-17-29)26(32)30-14-4-2-3-5-15-30/h6-11,21H,2-5,12-19H2,1H3. The van der Waals surface area contributed by atoms with E-state index in [9.17, 15) is 9.59 Å². The smallest absolute Gasteiger partial charge is 0.236 e. The highest BCUT2D eigenvalue weighted by Crippen LogP contribution is 2.25. The average molecular weight is 472 g/mol. The van der Waals surface area contributed by atoms with E-state index in [0.717, 1.165) is 68.9 Å². The number of hydrogen-bond acceptors (Lipinski definition) is 4. The van der Waals surface area contributed by atoms with E-state index in [0.29, 0.717) is 24.0 Å². The molecule has 7 heteroatoms. The number of furan rings is 1. The lowest BCUT2D eigenvalue weighted by atomic mass is 9.95. The molecule has 178 valence electrons. The molecular formula is C26H34ClN3O3. The van der Waals surface area contributed by atoms with E-state index in [-0.39, 0.29) is 11.8 Å².